The van der Waals surface area contributed by atoms with E-state index in [2.05, 4.69) is 41.5 Å². The molecule has 1 saturated heterocycles. The maximum absolute atomic E-state index is 5.72. The molecule has 0 radical (unpaired) electrons. The Bertz CT molecular complexity index is 302. The van der Waals surface area contributed by atoms with Gasteiger partial charge in [-0.15, -0.1) is 0 Å². The summed E-state index contributed by atoms with van der Waals surface area (Å²) in [6.07, 6.45) is 2.55. The van der Waals surface area contributed by atoms with Crippen molar-refractivity contribution in [3.05, 3.63) is 35.9 Å². The van der Waals surface area contributed by atoms with Crippen molar-refractivity contribution in [1.29, 1.82) is 0 Å². The molecule has 2 rings (SSSR count). The minimum atomic E-state index is 0.410. The number of hydrogen-bond acceptors (Lipinski definition) is 3. The molecule has 1 aromatic rings. The third kappa shape index (κ3) is 3.51. The van der Waals surface area contributed by atoms with Crippen LogP contribution in [0, 0.1) is 0 Å². The first-order valence-electron chi connectivity index (χ1n) is 5.75. The molecule has 88 valence electrons. The zero-order valence-corrected chi connectivity index (χ0v) is 10.6. The predicted octanol–water partition coefficient (Wildman–Crippen LogP) is 2.25. The van der Waals surface area contributed by atoms with E-state index in [1.165, 1.54) is 5.56 Å². The van der Waals surface area contributed by atoms with E-state index in [-0.39, 0.29) is 0 Å². The molecule has 1 unspecified atom stereocenters. The fourth-order valence-electron chi connectivity index (χ4n) is 2.05. The van der Waals surface area contributed by atoms with E-state index >= 15 is 0 Å². The zero-order valence-electron chi connectivity index (χ0n) is 9.76. The lowest BCUT2D eigenvalue weighted by atomic mass is 10.2. The van der Waals surface area contributed by atoms with E-state index in [0.717, 1.165) is 32.0 Å². The summed E-state index contributed by atoms with van der Waals surface area (Å²) >= 11 is 1.86. The van der Waals surface area contributed by atoms with Gasteiger partial charge in [-0.1, -0.05) is 30.3 Å². The Morgan fingerprint density at radius 3 is 2.94 bits per heavy atom. The zero-order chi connectivity index (χ0) is 11.2. The van der Waals surface area contributed by atoms with Gasteiger partial charge < -0.3 is 4.74 Å². The van der Waals surface area contributed by atoms with Crippen LogP contribution in [0.5, 0.6) is 0 Å². The van der Waals surface area contributed by atoms with Crippen LogP contribution >= 0.6 is 11.8 Å². The van der Waals surface area contributed by atoms with E-state index in [1.54, 1.807) is 0 Å². The largest absolute Gasteiger partial charge is 0.375 e. The Kier molecular flexibility index (Phi) is 4.69. The maximum Gasteiger partial charge on any atom is 0.0792 e. The SMILES string of the molecule is CSCC1CN(Cc2ccccc2)CCO1. The van der Waals surface area contributed by atoms with Crippen molar-refractivity contribution in [2.75, 3.05) is 31.7 Å². The van der Waals surface area contributed by atoms with Gasteiger partial charge in [-0.3, -0.25) is 4.90 Å². The second-order valence-corrected chi connectivity index (χ2v) is 5.08. The number of morpholine rings is 1. The third-order valence-corrected chi connectivity index (χ3v) is 3.53. The van der Waals surface area contributed by atoms with Gasteiger partial charge in [-0.05, 0) is 11.8 Å². The molecule has 1 heterocycles. The van der Waals surface area contributed by atoms with Gasteiger partial charge in [0.1, 0.15) is 0 Å². The molecule has 1 aromatic carbocycles. The minimum absolute atomic E-state index is 0.410. The number of ether oxygens (including phenoxy) is 1. The van der Waals surface area contributed by atoms with Gasteiger partial charge in [0.25, 0.3) is 0 Å². The highest BCUT2D eigenvalue weighted by Gasteiger charge is 2.19. The second-order valence-electron chi connectivity index (χ2n) is 4.17. The van der Waals surface area contributed by atoms with Crippen molar-refractivity contribution in [2.45, 2.75) is 12.6 Å². The van der Waals surface area contributed by atoms with E-state index in [4.69, 9.17) is 4.74 Å². The van der Waals surface area contributed by atoms with Crippen LogP contribution in [0.2, 0.25) is 0 Å². The average molecular weight is 237 g/mol. The smallest absolute Gasteiger partial charge is 0.0792 e. The van der Waals surface area contributed by atoms with Crippen LogP contribution < -0.4 is 0 Å². The molecule has 0 aliphatic carbocycles. The first-order valence-corrected chi connectivity index (χ1v) is 7.14. The number of benzene rings is 1. The van der Waals surface area contributed by atoms with Crippen LogP contribution in [0.3, 0.4) is 0 Å². The van der Waals surface area contributed by atoms with E-state index < -0.39 is 0 Å². The molecule has 0 aromatic heterocycles. The van der Waals surface area contributed by atoms with E-state index in [1.807, 2.05) is 11.8 Å². The van der Waals surface area contributed by atoms with Gasteiger partial charge in [0.05, 0.1) is 12.7 Å². The molecule has 0 bridgehead atoms. The lowest BCUT2D eigenvalue weighted by Crippen LogP contribution is -2.42. The number of thioether (sulfide) groups is 1. The molecular formula is C13H19NOS. The van der Waals surface area contributed by atoms with Crippen LogP contribution in [0.15, 0.2) is 30.3 Å². The molecule has 3 heteroatoms. The summed E-state index contributed by atoms with van der Waals surface area (Å²) in [5.74, 6) is 1.10. The van der Waals surface area contributed by atoms with Gasteiger partial charge in [0, 0.05) is 25.4 Å². The summed E-state index contributed by atoms with van der Waals surface area (Å²) < 4.78 is 5.72. The molecule has 1 aliphatic heterocycles. The van der Waals surface area contributed by atoms with Crippen molar-refractivity contribution in [2.24, 2.45) is 0 Å². The Balaban J connectivity index is 1.85. The van der Waals surface area contributed by atoms with Crippen molar-refractivity contribution in [3.8, 4) is 0 Å². The third-order valence-electron chi connectivity index (χ3n) is 2.82. The molecule has 16 heavy (non-hydrogen) atoms. The van der Waals surface area contributed by atoms with Crippen molar-refractivity contribution >= 4 is 11.8 Å². The summed E-state index contributed by atoms with van der Waals surface area (Å²) in [5, 5.41) is 0. The predicted molar refractivity (Wildman–Crippen MR) is 69.8 cm³/mol. The molecule has 0 saturated carbocycles. The maximum atomic E-state index is 5.72. The molecule has 0 N–H and O–H groups in total. The van der Waals surface area contributed by atoms with Crippen LogP contribution in [-0.4, -0.2) is 42.7 Å². The van der Waals surface area contributed by atoms with Crippen molar-refractivity contribution in [1.82, 2.24) is 4.90 Å². The summed E-state index contributed by atoms with van der Waals surface area (Å²) in [6, 6.07) is 10.7. The van der Waals surface area contributed by atoms with Gasteiger partial charge in [0.15, 0.2) is 0 Å². The van der Waals surface area contributed by atoms with Crippen LogP contribution in [0.4, 0.5) is 0 Å². The van der Waals surface area contributed by atoms with Gasteiger partial charge >= 0.3 is 0 Å². The highest BCUT2D eigenvalue weighted by atomic mass is 32.2. The fourth-order valence-corrected chi connectivity index (χ4v) is 2.63. The first-order chi connectivity index (χ1) is 7.88. The minimum Gasteiger partial charge on any atom is -0.375 e. The molecular weight excluding hydrogens is 218 g/mol. The first kappa shape index (κ1) is 12.0. The highest BCUT2D eigenvalue weighted by molar-refractivity contribution is 7.98. The van der Waals surface area contributed by atoms with Gasteiger partial charge in [0.2, 0.25) is 0 Å². The lowest BCUT2D eigenvalue weighted by Gasteiger charge is -2.32. The lowest BCUT2D eigenvalue weighted by molar-refractivity contribution is -0.0186. The topological polar surface area (TPSA) is 12.5 Å². The van der Waals surface area contributed by atoms with E-state index in [9.17, 15) is 0 Å². The summed E-state index contributed by atoms with van der Waals surface area (Å²) in [5.41, 5.74) is 1.40. The fraction of sp³-hybridized carbons (Fsp3) is 0.538. The quantitative estimate of drug-likeness (QED) is 0.797. The summed E-state index contributed by atoms with van der Waals surface area (Å²) in [6.45, 7) is 4.04. The summed E-state index contributed by atoms with van der Waals surface area (Å²) in [4.78, 5) is 2.49. The van der Waals surface area contributed by atoms with Crippen LogP contribution in [0.25, 0.3) is 0 Å². The second kappa shape index (κ2) is 6.28. The number of rotatable bonds is 4. The number of hydrogen-bond donors (Lipinski definition) is 0. The standard InChI is InChI=1S/C13H19NOS/c1-16-11-13-10-14(7-8-15-13)9-12-5-3-2-4-6-12/h2-6,13H,7-11H2,1H3. The molecule has 1 aliphatic rings. The monoisotopic (exact) mass is 237 g/mol. The Morgan fingerprint density at radius 1 is 1.38 bits per heavy atom. The van der Waals surface area contributed by atoms with Crippen LogP contribution in [-0.2, 0) is 11.3 Å². The molecule has 0 amide bonds. The molecule has 0 spiro atoms. The average Bonchev–Trinajstić information content (AvgIpc) is 2.31. The van der Waals surface area contributed by atoms with E-state index in [0.29, 0.717) is 6.10 Å². The van der Waals surface area contributed by atoms with Gasteiger partial charge in [-0.25, -0.2) is 0 Å². The molecule has 1 atom stereocenters. The Hall–Kier alpha value is -0.510. The van der Waals surface area contributed by atoms with Crippen molar-refractivity contribution < 1.29 is 4.74 Å². The molecule has 2 nitrogen and oxygen atoms in total. The summed E-state index contributed by atoms with van der Waals surface area (Å²) in [7, 11) is 0. The van der Waals surface area contributed by atoms with Crippen LogP contribution in [0.1, 0.15) is 5.56 Å². The normalized spacial score (nSPS) is 22.2. The number of nitrogens with zero attached hydrogens (tertiary/aromatic N) is 1. The Labute approximate surface area is 102 Å². The van der Waals surface area contributed by atoms with Gasteiger partial charge in [-0.2, -0.15) is 11.8 Å². The van der Waals surface area contributed by atoms with Crippen molar-refractivity contribution in [3.63, 3.8) is 0 Å². The highest BCUT2D eigenvalue weighted by Crippen LogP contribution is 2.12. The Morgan fingerprint density at radius 2 is 2.19 bits per heavy atom. The molecule has 1 fully saturated rings.